The summed E-state index contributed by atoms with van der Waals surface area (Å²) >= 11 is 0.411. The molecule has 0 amide bonds. The van der Waals surface area contributed by atoms with Crippen LogP contribution in [-0.2, 0) is 6.18 Å². The van der Waals surface area contributed by atoms with Crippen LogP contribution >= 0.6 is 11.3 Å². The van der Waals surface area contributed by atoms with Crippen LogP contribution in [0.4, 0.5) is 13.2 Å². The Hall–Kier alpha value is -1.70. The topological polar surface area (TPSA) is 58.6 Å². The molecule has 8 heteroatoms. The third-order valence-corrected chi connectivity index (χ3v) is 2.81. The van der Waals surface area contributed by atoms with Gasteiger partial charge in [-0.2, -0.15) is 13.2 Å². The Balaban J connectivity index is 2.48. The van der Waals surface area contributed by atoms with Crippen molar-refractivity contribution in [3.8, 4) is 10.4 Å². The van der Waals surface area contributed by atoms with Crippen molar-refractivity contribution in [1.29, 1.82) is 0 Å². The number of H-pyrrole nitrogens is 1. The minimum Gasteiger partial charge on any atom is -0.313 e. The fourth-order valence-corrected chi connectivity index (χ4v) is 1.84. The molecule has 0 atom stereocenters. The second-order valence-electron chi connectivity index (χ2n) is 2.82. The maximum atomic E-state index is 12.3. The summed E-state index contributed by atoms with van der Waals surface area (Å²) in [5, 5.41) is -0.981. The predicted octanol–water partition coefficient (Wildman–Crippen LogP) is 1.91. The van der Waals surface area contributed by atoms with E-state index in [0.717, 1.165) is 12.5 Å². The number of nitrogens with zero attached hydrogens (tertiary/aromatic N) is 2. The molecule has 0 aliphatic carbocycles. The van der Waals surface area contributed by atoms with Crippen molar-refractivity contribution >= 4 is 11.3 Å². The lowest BCUT2D eigenvalue weighted by Crippen LogP contribution is -2.07. The lowest BCUT2D eigenvalue weighted by molar-refractivity contribution is -0.137. The van der Waals surface area contributed by atoms with E-state index < -0.39 is 16.7 Å². The number of thiazole rings is 1. The second kappa shape index (κ2) is 3.71. The first kappa shape index (κ1) is 10.8. The lowest BCUT2D eigenvalue weighted by atomic mass is 10.3. The fraction of sp³-hybridized carbons (Fsp3) is 0.125. The van der Waals surface area contributed by atoms with E-state index in [9.17, 15) is 18.0 Å². The number of alkyl halides is 3. The Morgan fingerprint density at radius 2 is 2.06 bits per heavy atom. The highest BCUT2D eigenvalue weighted by Gasteiger charge is 2.34. The molecular formula is C8H4F3N3OS. The van der Waals surface area contributed by atoms with Crippen LogP contribution in [-0.4, -0.2) is 15.0 Å². The molecule has 84 valence electrons. The molecule has 0 saturated heterocycles. The van der Waals surface area contributed by atoms with E-state index in [2.05, 4.69) is 15.0 Å². The van der Waals surface area contributed by atoms with E-state index in [1.54, 1.807) is 0 Å². The van der Waals surface area contributed by atoms with Gasteiger partial charge in [0.15, 0.2) is 5.01 Å². The summed E-state index contributed by atoms with van der Waals surface area (Å²) in [5.74, 6) is 0. The molecule has 0 bridgehead atoms. The van der Waals surface area contributed by atoms with Crippen molar-refractivity contribution in [2.75, 3.05) is 0 Å². The molecule has 0 spiro atoms. The van der Waals surface area contributed by atoms with Gasteiger partial charge in [0.1, 0.15) is 0 Å². The molecule has 0 fully saturated rings. The standard InChI is InChI=1S/C8H4F3N3OS/c9-8(10,11)7-13-2-5(16-7)4-1-12-3-14-6(4)15/h1-3H,(H,12,14,15). The van der Waals surface area contributed by atoms with Crippen molar-refractivity contribution < 1.29 is 13.2 Å². The van der Waals surface area contributed by atoms with E-state index in [4.69, 9.17) is 0 Å². The number of hydrogen-bond donors (Lipinski definition) is 1. The molecule has 0 aromatic carbocycles. The Kier molecular flexibility index (Phi) is 2.50. The summed E-state index contributed by atoms with van der Waals surface area (Å²) in [5.41, 5.74) is -0.414. The van der Waals surface area contributed by atoms with Gasteiger partial charge in [-0.1, -0.05) is 0 Å². The molecule has 2 aromatic heterocycles. The van der Waals surface area contributed by atoms with Gasteiger partial charge in [0, 0.05) is 12.4 Å². The van der Waals surface area contributed by atoms with Crippen LogP contribution in [0.5, 0.6) is 0 Å². The molecule has 1 N–H and O–H groups in total. The van der Waals surface area contributed by atoms with Crippen molar-refractivity contribution in [2.45, 2.75) is 6.18 Å². The number of halogens is 3. The highest BCUT2D eigenvalue weighted by molar-refractivity contribution is 7.15. The molecule has 0 saturated carbocycles. The molecule has 2 aromatic rings. The predicted molar refractivity (Wildman–Crippen MR) is 51.0 cm³/mol. The second-order valence-corrected chi connectivity index (χ2v) is 3.85. The average molecular weight is 247 g/mol. The number of aromatic nitrogens is 3. The summed E-state index contributed by atoms with van der Waals surface area (Å²) in [4.78, 5) is 20.6. The van der Waals surface area contributed by atoms with Gasteiger partial charge in [-0.15, -0.1) is 11.3 Å². The van der Waals surface area contributed by atoms with Crippen molar-refractivity contribution in [3.63, 3.8) is 0 Å². The Morgan fingerprint density at radius 3 is 2.62 bits per heavy atom. The molecule has 0 unspecified atom stereocenters. The molecule has 0 aliphatic heterocycles. The Bertz CT molecular complexity index is 560. The van der Waals surface area contributed by atoms with Gasteiger partial charge < -0.3 is 4.98 Å². The van der Waals surface area contributed by atoms with Crippen LogP contribution in [0.3, 0.4) is 0 Å². The zero-order valence-corrected chi connectivity index (χ0v) is 8.39. The maximum absolute atomic E-state index is 12.3. The minimum atomic E-state index is -4.49. The smallest absolute Gasteiger partial charge is 0.313 e. The zero-order chi connectivity index (χ0) is 11.8. The normalized spacial score (nSPS) is 11.7. The van der Waals surface area contributed by atoms with Crippen LogP contribution in [0, 0.1) is 0 Å². The average Bonchev–Trinajstić information content (AvgIpc) is 2.66. The maximum Gasteiger partial charge on any atom is 0.443 e. The molecule has 0 radical (unpaired) electrons. The summed E-state index contributed by atoms with van der Waals surface area (Å²) in [7, 11) is 0. The van der Waals surface area contributed by atoms with E-state index in [0.29, 0.717) is 11.3 Å². The molecule has 0 aliphatic rings. The van der Waals surface area contributed by atoms with Gasteiger partial charge >= 0.3 is 6.18 Å². The van der Waals surface area contributed by atoms with Crippen LogP contribution in [0.1, 0.15) is 5.01 Å². The summed E-state index contributed by atoms with van der Waals surface area (Å²) in [6.07, 6.45) is -1.11. The quantitative estimate of drug-likeness (QED) is 0.837. The van der Waals surface area contributed by atoms with E-state index >= 15 is 0 Å². The van der Waals surface area contributed by atoms with Gasteiger partial charge in [-0.25, -0.2) is 9.97 Å². The van der Waals surface area contributed by atoms with Crippen LogP contribution in [0.15, 0.2) is 23.5 Å². The molecular weight excluding hydrogens is 243 g/mol. The molecule has 4 nitrogen and oxygen atoms in total. The number of aromatic amines is 1. The van der Waals surface area contributed by atoms with Crippen LogP contribution < -0.4 is 5.56 Å². The highest BCUT2D eigenvalue weighted by Crippen LogP contribution is 2.35. The highest BCUT2D eigenvalue weighted by atomic mass is 32.1. The van der Waals surface area contributed by atoms with Crippen molar-refractivity contribution in [3.05, 3.63) is 34.1 Å². The molecule has 16 heavy (non-hydrogen) atoms. The first-order valence-electron chi connectivity index (χ1n) is 4.04. The van der Waals surface area contributed by atoms with Gasteiger partial charge in [-0.05, 0) is 0 Å². The molecule has 2 heterocycles. The molecule has 2 rings (SSSR count). The monoisotopic (exact) mass is 247 g/mol. The zero-order valence-electron chi connectivity index (χ0n) is 7.58. The van der Waals surface area contributed by atoms with Crippen LogP contribution in [0.25, 0.3) is 10.4 Å². The SMILES string of the molecule is O=c1[nH]cncc1-c1cnc(C(F)(F)F)s1. The Labute approximate surface area is 90.8 Å². The van der Waals surface area contributed by atoms with Crippen molar-refractivity contribution in [1.82, 2.24) is 15.0 Å². The fourth-order valence-electron chi connectivity index (χ4n) is 1.05. The largest absolute Gasteiger partial charge is 0.443 e. The number of rotatable bonds is 1. The number of nitrogens with one attached hydrogen (secondary N) is 1. The first-order chi connectivity index (χ1) is 7.48. The van der Waals surface area contributed by atoms with Gasteiger partial charge in [0.2, 0.25) is 0 Å². The van der Waals surface area contributed by atoms with Crippen molar-refractivity contribution in [2.24, 2.45) is 0 Å². The van der Waals surface area contributed by atoms with E-state index in [1.807, 2.05) is 0 Å². The summed E-state index contributed by atoms with van der Waals surface area (Å²) < 4.78 is 36.8. The third kappa shape index (κ3) is 1.96. The van der Waals surface area contributed by atoms with Gasteiger partial charge in [0.05, 0.1) is 16.8 Å². The van der Waals surface area contributed by atoms with Crippen LogP contribution in [0.2, 0.25) is 0 Å². The van der Waals surface area contributed by atoms with Gasteiger partial charge in [0.25, 0.3) is 5.56 Å². The number of hydrogen-bond acceptors (Lipinski definition) is 4. The van der Waals surface area contributed by atoms with E-state index in [1.165, 1.54) is 6.20 Å². The van der Waals surface area contributed by atoms with Gasteiger partial charge in [-0.3, -0.25) is 4.79 Å². The van der Waals surface area contributed by atoms with E-state index in [-0.39, 0.29) is 10.4 Å². The lowest BCUT2D eigenvalue weighted by Gasteiger charge is -1.98. The third-order valence-electron chi connectivity index (χ3n) is 1.73. The summed E-state index contributed by atoms with van der Waals surface area (Å²) in [6.45, 7) is 0. The first-order valence-corrected chi connectivity index (χ1v) is 4.86. The summed E-state index contributed by atoms with van der Waals surface area (Å²) in [6, 6.07) is 0. The Morgan fingerprint density at radius 1 is 1.31 bits per heavy atom. The minimum absolute atomic E-state index is 0.0792.